The molecule has 0 unspecified atom stereocenters. The number of nitrogens with zero attached hydrogens (tertiary/aromatic N) is 2. The first kappa shape index (κ1) is 18.3. The molecule has 5 nitrogen and oxygen atoms in total. The van der Waals surface area contributed by atoms with Crippen LogP contribution in [0, 0.1) is 5.82 Å². The summed E-state index contributed by atoms with van der Waals surface area (Å²) >= 11 is 0. The third-order valence-electron chi connectivity index (χ3n) is 4.72. The fourth-order valence-electron chi connectivity index (χ4n) is 3.25. The highest BCUT2D eigenvalue weighted by atomic mass is 19.1. The van der Waals surface area contributed by atoms with Gasteiger partial charge >= 0.3 is 0 Å². The van der Waals surface area contributed by atoms with Gasteiger partial charge < -0.3 is 10.6 Å². The molecular formula is C20H25FN4O. The first-order chi connectivity index (χ1) is 12.7. The normalized spacial score (nSPS) is 15.3. The number of aromatic nitrogens is 2. The van der Waals surface area contributed by atoms with Gasteiger partial charge in [0.2, 0.25) is 0 Å². The molecule has 1 aliphatic rings. The maximum Gasteiger partial charge on any atom is 0.270 e. The minimum atomic E-state index is -0.234. The summed E-state index contributed by atoms with van der Waals surface area (Å²) in [7, 11) is 0. The Morgan fingerprint density at radius 2 is 1.81 bits per heavy atom. The smallest absolute Gasteiger partial charge is 0.270 e. The van der Waals surface area contributed by atoms with E-state index in [-0.39, 0.29) is 17.8 Å². The van der Waals surface area contributed by atoms with Gasteiger partial charge in [0.1, 0.15) is 23.7 Å². The molecule has 26 heavy (non-hydrogen) atoms. The summed E-state index contributed by atoms with van der Waals surface area (Å²) in [5.74, 6) is 0.246. The summed E-state index contributed by atoms with van der Waals surface area (Å²) in [5, 5.41) is 6.29. The molecule has 1 fully saturated rings. The van der Waals surface area contributed by atoms with Crippen LogP contribution in [0.2, 0.25) is 0 Å². The number of benzene rings is 1. The van der Waals surface area contributed by atoms with Crippen molar-refractivity contribution in [2.75, 3.05) is 11.9 Å². The Morgan fingerprint density at radius 3 is 2.54 bits per heavy atom. The van der Waals surface area contributed by atoms with E-state index >= 15 is 0 Å². The molecule has 3 rings (SSSR count). The molecule has 0 aliphatic heterocycles. The van der Waals surface area contributed by atoms with Crippen LogP contribution >= 0.6 is 0 Å². The maximum atomic E-state index is 12.9. The highest BCUT2D eigenvalue weighted by molar-refractivity contribution is 5.93. The number of carbonyl (C=O) groups is 1. The van der Waals surface area contributed by atoms with Crippen LogP contribution in [-0.2, 0) is 6.42 Å². The minimum absolute atomic E-state index is 0.138. The van der Waals surface area contributed by atoms with Gasteiger partial charge in [0, 0.05) is 18.7 Å². The van der Waals surface area contributed by atoms with Crippen molar-refractivity contribution < 1.29 is 9.18 Å². The van der Waals surface area contributed by atoms with Crippen molar-refractivity contribution >= 4 is 11.7 Å². The number of anilines is 1. The Morgan fingerprint density at radius 1 is 1.08 bits per heavy atom. The van der Waals surface area contributed by atoms with Crippen molar-refractivity contribution in [3.05, 3.63) is 53.7 Å². The average molecular weight is 356 g/mol. The predicted octanol–water partition coefficient (Wildman–Crippen LogP) is 3.72. The zero-order valence-corrected chi connectivity index (χ0v) is 14.9. The van der Waals surface area contributed by atoms with Gasteiger partial charge in [-0.3, -0.25) is 4.79 Å². The van der Waals surface area contributed by atoms with Gasteiger partial charge in [-0.15, -0.1) is 0 Å². The molecular weight excluding hydrogens is 331 g/mol. The van der Waals surface area contributed by atoms with E-state index in [1.54, 1.807) is 18.2 Å². The van der Waals surface area contributed by atoms with E-state index in [4.69, 9.17) is 0 Å². The van der Waals surface area contributed by atoms with Crippen LogP contribution in [0.1, 0.15) is 54.6 Å². The summed E-state index contributed by atoms with van der Waals surface area (Å²) < 4.78 is 12.9. The van der Waals surface area contributed by atoms with Gasteiger partial charge in [-0.1, -0.05) is 37.8 Å². The van der Waals surface area contributed by atoms with Gasteiger partial charge in [-0.2, -0.15) is 0 Å². The minimum Gasteiger partial charge on any atom is -0.370 e. The zero-order chi connectivity index (χ0) is 18.2. The van der Waals surface area contributed by atoms with Crippen molar-refractivity contribution in [1.82, 2.24) is 15.3 Å². The molecule has 0 saturated heterocycles. The molecule has 1 aromatic carbocycles. The second-order valence-corrected chi connectivity index (χ2v) is 6.75. The van der Waals surface area contributed by atoms with Gasteiger partial charge in [0.25, 0.3) is 5.91 Å². The molecule has 138 valence electrons. The molecule has 0 radical (unpaired) electrons. The van der Waals surface area contributed by atoms with Crippen molar-refractivity contribution in [3.8, 4) is 0 Å². The van der Waals surface area contributed by atoms with E-state index in [0.29, 0.717) is 18.1 Å². The molecule has 2 N–H and O–H groups in total. The molecule has 1 aliphatic carbocycles. The number of amides is 1. The highest BCUT2D eigenvalue weighted by Gasteiger charge is 2.16. The van der Waals surface area contributed by atoms with Crippen LogP contribution < -0.4 is 10.6 Å². The molecule has 0 atom stereocenters. The molecule has 0 spiro atoms. The Bertz CT molecular complexity index is 712. The van der Waals surface area contributed by atoms with Gasteiger partial charge in [-0.25, -0.2) is 14.4 Å². The Hall–Kier alpha value is -2.50. The maximum absolute atomic E-state index is 12.9. The highest BCUT2D eigenvalue weighted by Crippen LogP contribution is 2.17. The lowest BCUT2D eigenvalue weighted by Gasteiger charge is -2.16. The summed E-state index contributed by atoms with van der Waals surface area (Å²) in [5.41, 5.74) is 1.42. The van der Waals surface area contributed by atoms with Gasteiger partial charge in [0.15, 0.2) is 0 Å². The monoisotopic (exact) mass is 356 g/mol. The lowest BCUT2D eigenvalue weighted by atomic mass is 10.1. The number of carbonyl (C=O) groups excluding carboxylic acids is 1. The standard InChI is InChI=1S/C20H25FN4O/c21-16-9-7-15(8-10-16)11-12-22-19-13-18(23-14-24-19)20(26)25-17-5-3-1-2-4-6-17/h7-10,13-14,17H,1-6,11-12H2,(H,25,26)(H,22,23,24). The Kier molecular flexibility index (Phi) is 6.52. The van der Waals surface area contributed by atoms with E-state index in [9.17, 15) is 9.18 Å². The Balaban J connectivity index is 1.51. The lowest BCUT2D eigenvalue weighted by molar-refractivity contribution is 0.0928. The average Bonchev–Trinajstić information content (AvgIpc) is 2.92. The predicted molar refractivity (Wildman–Crippen MR) is 99.6 cm³/mol. The van der Waals surface area contributed by atoms with E-state index in [1.807, 2.05) is 0 Å². The topological polar surface area (TPSA) is 66.9 Å². The molecule has 2 aromatic rings. The summed E-state index contributed by atoms with van der Waals surface area (Å²) in [6.07, 6.45) is 9.08. The van der Waals surface area contributed by atoms with Crippen LogP contribution in [0.3, 0.4) is 0 Å². The fourth-order valence-corrected chi connectivity index (χ4v) is 3.25. The second-order valence-electron chi connectivity index (χ2n) is 6.75. The van der Waals surface area contributed by atoms with Crippen molar-refractivity contribution in [3.63, 3.8) is 0 Å². The number of halogens is 1. The van der Waals surface area contributed by atoms with E-state index in [1.165, 1.54) is 44.1 Å². The van der Waals surface area contributed by atoms with E-state index < -0.39 is 0 Å². The van der Waals surface area contributed by atoms with Crippen LogP contribution in [0.4, 0.5) is 10.2 Å². The number of rotatable bonds is 6. The SMILES string of the molecule is O=C(NC1CCCCCC1)c1cc(NCCc2ccc(F)cc2)ncn1. The molecule has 1 amide bonds. The molecule has 0 bridgehead atoms. The third kappa shape index (κ3) is 5.51. The van der Waals surface area contributed by atoms with E-state index in [0.717, 1.165) is 24.8 Å². The fraction of sp³-hybridized carbons (Fsp3) is 0.450. The molecule has 1 heterocycles. The Labute approximate surface area is 153 Å². The lowest BCUT2D eigenvalue weighted by Crippen LogP contribution is -2.35. The van der Waals surface area contributed by atoms with Crippen molar-refractivity contribution in [2.24, 2.45) is 0 Å². The third-order valence-corrected chi connectivity index (χ3v) is 4.72. The number of hydrogen-bond acceptors (Lipinski definition) is 4. The summed E-state index contributed by atoms with van der Waals surface area (Å²) in [4.78, 5) is 20.7. The number of nitrogens with one attached hydrogen (secondary N) is 2. The summed E-state index contributed by atoms with van der Waals surface area (Å²) in [6.45, 7) is 0.645. The summed E-state index contributed by atoms with van der Waals surface area (Å²) in [6, 6.07) is 8.36. The van der Waals surface area contributed by atoms with Gasteiger partial charge in [-0.05, 0) is 37.0 Å². The largest absolute Gasteiger partial charge is 0.370 e. The molecule has 1 aromatic heterocycles. The van der Waals surface area contributed by atoms with Gasteiger partial charge in [0.05, 0.1) is 0 Å². The quantitative estimate of drug-likeness (QED) is 0.774. The van der Waals surface area contributed by atoms with Crippen molar-refractivity contribution in [2.45, 2.75) is 51.0 Å². The van der Waals surface area contributed by atoms with E-state index in [2.05, 4.69) is 20.6 Å². The molecule has 1 saturated carbocycles. The first-order valence-corrected chi connectivity index (χ1v) is 9.32. The zero-order valence-electron chi connectivity index (χ0n) is 14.9. The first-order valence-electron chi connectivity index (χ1n) is 9.32. The van der Waals surface area contributed by atoms with Crippen LogP contribution in [0.5, 0.6) is 0 Å². The van der Waals surface area contributed by atoms with Crippen LogP contribution in [-0.4, -0.2) is 28.5 Å². The van der Waals surface area contributed by atoms with Crippen LogP contribution in [0.15, 0.2) is 36.7 Å². The van der Waals surface area contributed by atoms with Crippen molar-refractivity contribution in [1.29, 1.82) is 0 Å². The molecule has 6 heteroatoms. The van der Waals surface area contributed by atoms with Crippen LogP contribution in [0.25, 0.3) is 0 Å². The number of hydrogen-bond donors (Lipinski definition) is 2. The second kappa shape index (κ2) is 9.27.